The minimum absolute atomic E-state index is 0.569. The van der Waals surface area contributed by atoms with Crippen molar-refractivity contribution in [2.75, 3.05) is 0 Å². The summed E-state index contributed by atoms with van der Waals surface area (Å²) < 4.78 is 17.2. The van der Waals surface area contributed by atoms with Crippen LogP contribution >= 0.6 is 0 Å². The van der Waals surface area contributed by atoms with Crippen LogP contribution in [0.3, 0.4) is 0 Å². The lowest BCUT2D eigenvalue weighted by Gasteiger charge is -2.08. The summed E-state index contributed by atoms with van der Waals surface area (Å²) >= 11 is 0. The molecule has 0 saturated carbocycles. The summed E-state index contributed by atoms with van der Waals surface area (Å²) in [5.41, 5.74) is 9.81. The van der Waals surface area contributed by atoms with E-state index in [1.54, 1.807) is 0 Å². The van der Waals surface area contributed by atoms with E-state index in [4.69, 9.17) is 28.8 Å². The topological polar surface area (TPSA) is 87.7 Å². The van der Waals surface area contributed by atoms with Gasteiger partial charge >= 0.3 is 0 Å². The summed E-state index contributed by atoms with van der Waals surface area (Å²) in [6.07, 6.45) is 3.69. The minimum atomic E-state index is 0.569. The van der Waals surface area contributed by atoms with Crippen LogP contribution in [0, 0.1) is 0 Å². The number of fused-ring (bicyclic) bond motifs is 12. The second kappa shape index (κ2) is 10.1. The Bertz CT molecular complexity index is 3210. The number of hydrogen-bond donors (Lipinski definition) is 0. The molecular weight excluding hydrogens is 645 g/mol. The zero-order chi connectivity index (χ0) is 33.9. The average molecular weight is 669 g/mol. The fraction of sp³-hybridized carbons (Fsp3) is 0. The van der Waals surface area contributed by atoms with Gasteiger partial charge in [-0.15, -0.1) is 0 Å². The predicted octanol–water partition coefficient (Wildman–Crippen LogP) is 10.9. The van der Waals surface area contributed by atoms with E-state index < -0.39 is 0 Å². The minimum Gasteiger partial charge on any atom is -0.439 e. The number of nitrogens with zero attached hydrogens (tertiary/aromatic N) is 6. The van der Waals surface area contributed by atoms with Crippen molar-refractivity contribution < 1.29 is 8.83 Å². The van der Waals surface area contributed by atoms with Crippen molar-refractivity contribution in [3.05, 3.63) is 146 Å². The molecule has 0 saturated heterocycles. The smallest absolute Gasteiger partial charge is 0.237 e. The lowest BCUT2D eigenvalue weighted by Crippen LogP contribution is -2.00. The van der Waals surface area contributed by atoms with Crippen LogP contribution in [0.15, 0.2) is 155 Å². The number of aromatic nitrogens is 6. The molecule has 242 valence electrons. The summed E-state index contributed by atoms with van der Waals surface area (Å²) in [5, 5.41) is 7.32. The summed E-state index contributed by atoms with van der Waals surface area (Å²) in [6, 6.07) is 45.5. The summed E-state index contributed by atoms with van der Waals surface area (Å²) in [7, 11) is 0. The van der Waals surface area contributed by atoms with Crippen molar-refractivity contribution in [2.24, 2.45) is 0 Å². The molecule has 0 atom stereocenters. The Hall–Kier alpha value is -7.32. The van der Waals surface area contributed by atoms with Crippen molar-refractivity contribution in [1.29, 1.82) is 0 Å². The number of furan rings is 2. The second-order valence-electron chi connectivity index (χ2n) is 13.1. The Morgan fingerprint density at radius 1 is 0.442 bits per heavy atom. The maximum Gasteiger partial charge on any atom is 0.237 e. The van der Waals surface area contributed by atoms with Gasteiger partial charge in [0.2, 0.25) is 17.4 Å². The molecule has 8 nitrogen and oxygen atoms in total. The van der Waals surface area contributed by atoms with Crippen molar-refractivity contribution in [1.82, 2.24) is 29.1 Å². The van der Waals surface area contributed by atoms with Gasteiger partial charge in [0.15, 0.2) is 5.82 Å². The van der Waals surface area contributed by atoms with E-state index in [2.05, 4.69) is 65.2 Å². The maximum absolute atomic E-state index is 6.56. The molecule has 8 heteroatoms. The molecule has 0 amide bonds. The van der Waals surface area contributed by atoms with Crippen LogP contribution < -0.4 is 0 Å². The van der Waals surface area contributed by atoms with Crippen molar-refractivity contribution in [3.63, 3.8) is 0 Å². The summed E-state index contributed by atoms with van der Waals surface area (Å²) in [6.45, 7) is 0. The van der Waals surface area contributed by atoms with Crippen molar-refractivity contribution in [3.8, 4) is 22.9 Å². The van der Waals surface area contributed by atoms with Crippen LogP contribution in [-0.2, 0) is 0 Å². The van der Waals surface area contributed by atoms with Crippen LogP contribution in [0.5, 0.6) is 0 Å². The van der Waals surface area contributed by atoms with Gasteiger partial charge in [0.1, 0.15) is 11.2 Å². The maximum atomic E-state index is 6.56. The zero-order valence-corrected chi connectivity index (χ0v) is 27.4. The molecule has 6 aromatic carbocycles. The van der Waals surface area contributed by atoms with Crippen LogP contribution in [0.1, 0.15) is 0 Å². The average Bonchev–Trinajstić information content (AvgIpc) is 3.93. The lowest BCUT2D eigenvalue weighted by molar-refractivity contribution is 0.641. The number of para-hydroxylation sites is 5. The van der Waals surface area contributed by atoms with Crippen LogP contribution in [0.4, 0.5) is 0 Å². The van der Waals surface area contributed by atoms with Gasteiger partial charge in [-0.2, -0.15) is 0 Å². The first-order valence-electron chi connectivity index (χ1n) is 17.1. The highest BCUT2D eigenvalue weighted by Gasteiger charge is 2.23. The molecule has 0 unspecified atom stereocenters. The van der Waals surface area contributed by atoms with Gasteiger partial charge < -0.3 is 8.83 Å². The summed E-state index contributed by atoms with van der Waals surface area (Å²) in [4.78, 5) is 19.5. The van der Waals surface area contributed by atoms with Gasteiger partial charge in [-0.3, -0.25) is 9.55 Å². The molecule has 12 rings (SSSR count). The molecule has 6 aromatic heterocycles. The molecule has 0 spiro atoms. The highest BCUT2D eigenvalue weighted by Crippen LogP contribution is 2.43. The van der Waals surface area contributed by atoms with E-state index in [0.29, 0.717) is 11.8 Å². The third kappa shape index (κ3) is 3.75. The van der Waals surface area contributed by atoms with Gasteiger partial charge in [-0.05, 0) is 65.7 Å². The third-order valence-corrected chi connectivity index (χ3v) is 10.2. The number of rotatable bonds is 3. The van der Waals surface area contributed by atoms with E-state index in [1.165, 1.54) is 0 Å². The predicted molar refractivity (Wildman–Crippen MR) is 206 cm³/mol. The van der Waals surface area contributed by atoms with E-state index in [9.17, 15) is 0 Å². The van der Waals surface area contributed by atoms with E-state index >= 15 is 0 Å². The van der Waals surface area contributed by atoms with Crippen LogP contribution in [0.25, 0.3) is 111 Å². The van der Waals surface area contributed by atoms with Gasteiger partial charge in [0.05, 0.1) is 44.6 Å². The molecule has 12 aromatic rings. The van der Waals surface area contributed by atoms with Gasteiger partial charge in [0, 0.05) is 33.1 Å². The fourth-order valence-electron chi connectivity index (χ4n) is 7.89. The molecule has 0 aliphatic carbocycles. The Morgan fingerprint density at radius 3 is 1.73 bits per heavy atom. The Kier molecular flexibility index (Phi) is 5.35. The molecule has 0 fully saturated rings. The Balaban J connectivity index is 1.11. The lowest BCUT2D eigenvalue weighted by atomic mass is 10.00. The quantitative estimate of drug-likeness (QED) is 0.186. The molecule has 0 N–H and O–H groups in total. The van der Waals surface area contributed by atoms with Gasteiger partial charge in [-0.25, -0.2) is 19.5 Å². The second-order valence-corrected chi connectivity index (χ2v) is 13.1. The summed E-state index contributed by atoms with van der Waals surface area (Å²) in [5.74, 6) is 1.28. The highest BCUT2D eigenvalue weighted by atomic mass is 16.3. The largest absolute Gasteiger partial charge is 0.439 e. The normalized spacial score (nSPS) is 12.2. The SMILES string of the molecule is c1ccc2nc(-n3c4ccc(-c5ccc6c(c5)c5c7ccccc7oc5n6-c5cnc6ccccc6n5)cc4c4c5ccccc5oc43)ncc2c1. The van der Waals surface area contributed by atoms with Crippen molar-refractivity contribution in [2.45, 2.75) is 0 Å². The standard InChI is InChI=1S/C44H24N6O2/c1-4-12-32-27(9-1)23-46-44(48-32)50-36-20-18-26(22-31(36)41-29-11-3-8-16-38(29)52-43(41)50)25-17-19-35-30(21-25)40-28-10-2-7-15-37(28)51-42(40)49(35)39-24-45-33-13-5-6-14-34(33)47-39/h1-24H. The first-order valence-corrected chi connectivity index (χ1v) is 17.1. The number of hydrogen-bond acceptors (Lipinski definition) is 6. The van der Waals surface area contributed by atoms with E-state index in [-0.39, 0.29) is 0 Å². The van der Waals surface area contributed by atoms with E-state index in [1.807, 2.05) is 89.8 Å². The van der Waals surface area contributed by atoms with Gasteiger partial charge in [-0.1, -0.05) is 78.9 Å². The first-order chi connectivity index (χ1) is 25.8. The fourth-order valence-corrected chi connectivity index (χ4v) is 7.89. The third-order valence-electron chi connectivity index (χ3n) is 10.2. The van der Waals surface area contributed by atoms with E-state index in [0.717, 1.165) is 99.0 Å². The molecule has 0 radical (unpaired) electrons. The molecule has 0 aliphatic heterocycles. The first kappa shape index (κ1) is 27.5. The van der Waals surface area contributed by atoms with Gasteiger partial charge in [0.25, 0.3) is 0 Å². The molecule has 0 bridgehead atoms. The Morgan fingerprint density at radius 2 is 1.02 bits per heavy atom. The molecule has 6 heterocycles. The van der Waals surface area contributed by atoms with Crippen LogP contribution in [-0.4, -0.2) is 29.1 Å². The van der Waals surface area contributed by atoms with Crippen LogP contribution in [0.2, 0.25) is 0 Å². The molecule has 0 aliphatic rings. The monoisotopic (exact) mass is 668 g/mol. The highest BCUT2D eigenvalue weighted by molar-refractivity contribution is 6.22. The number of benzene rings is 6. The Labute approximate surface area is 293 Å². The molecule has 52 heavy (non-hydrogen) atoms. The molecular formula is C44H24N6O2. The zero-order valence-electron chi connectivity index (χ0n) is 27.4. The van der Waals surface area contributed by atoms with Crippen molar-refractivity contribution >= 4 is 87.9 Å².